The third-order valence-corrected chi connectivity index (χ3v) is 4.44. The fourth-order valence-corrected chi connectivity index (χ4v) is 3.39. The smallest absolute Gasteiger partial charge is 0.270 e. The SMILES string of the molecule is O=[N+]([O-])c1cccc(-c2cccc3cc4n(c23)CCNCC4)c1. The Kier molecular flexibility index (Phi) is 3.35. The molecule has 1 aromatic heterocycles. The van der Waals surface area contributed by atoms with Crippen molar-refractivity contribution in [2.24, 2.45) is 0 Å². The molecule has 0 saturated heterocycles. The van der Waals surface area contributed by atoms with Gasteiger partial charge in [0.15, 0.2) is 0 Å². The van der Waals surface area contributed by atoms with Crippen LogP contribution < -0.4 is 5.32 Å². The van der Waals surface area contributed by atoms with E-state index in [4.69, 9.17) is 0 Å². The van der Waals surface area contributed by atoms with Gasteiger partial charge in [0.1, 0.15) is 0 Å². The Bertz CT molecular complexity index is 898. The molecule has 3 aromatic rings. The monoisotopic (exact) mass is 307 g/mol. The van der Waals surface area contributed by atoms with Crippen molar-refractivity contribution in [3.05, 3.63) is 64.3 Å². The number of benzene rings is 2. The van der Waals surface area contributed by atoms with E-state index in [2.05, 4.69) is 22.0 Å². The molecule has 0 fully saturated rings. The Morgan fingerprint density at radius 1 is 1.09 bits per heavy atom. The summed E-state index contributed by atoms with van der Waals surface area (Å²) in [4.78, 5) is 10.7. The number of nitro groups is 1. The van der Waals surface area contributed by atoms with Crippen LogP contribution in [0.1, 0.15) is 5.69 Å². The first-order valence-electron chi connectivity index (χ1n) is 7.81. The molecule has 0 bridgehead atoms. The lowest BCUT2D eigenvalue weighted by Gasteiger charge is -2.11. The molecule has 116 valence electrons. The number of non-ortho nitro benzene ring substituents is 1. The maximum Gasteiger partial charge on any atom is 0.270 e. The van der Waals surface area contributed by atoms with Crippen molar-refractivity contribution >= 4 is 16.6 Å². The summed E-state index contributed by atoms with van der Waals surface area (Å²) in [5.74, 6) is 0. The maximum absolute atomic E-state index is 11.1. The molecule has 1 N–H and O–H groups in total. The first kappa shape index (κ1) is 14.0. The zero-order valence-corrected chi connectivity index (χ0v) is 12.7. The fourth-order valence-electron chi connectivity index (χ4n) is 3.39. The van der Waals surface area contributed by atoms with E-state index in [0.29, 0.717) is 0 Å². The molecule has 23 heavy (non-hydrogen) atoms. The largest absolute Gasteiger partial charge is 0.343 e. The number of fused-ring (bicyclic) bond motifs is 3. The zero-order valence-electron chi connectivity index (χ0n) is 12.7. The van der Waals surface area contributed by atoms with Gasteiger partial charge in [0.2, 0.25) is 0 Å². The second kappa shape index (κ2) is 5.52. The van der Waals surface area contributed by atoms with E-state index in [0.717, 1.165) is 37.2 Å². The van der Waals surface area contributed by atoms with E-state index >= 15 is 0 Å². The van der Waals surface area contributed by atoms with Gasteiger partial charge in [-0.2, -0.15) is 0 Å². The van der Waals surface area contributed by atoms with Crippen LogP contribution in [0, 0.1) is 10.1 Å². The number of rotatable bonds is 2. The maximum atomic E-state index is 11.1. The van der Waals surface area contributed by atoms with Gasteiger partial charge in [0.25, 0.3) is 5.69 Å². The average Bonchev–Trinajstić information content (AvgIpc) is 2.76. The molecule has 0 unspecified atom stereocenters. The van der Waals surface area contributed by atoms with Gasteiger partial charge in [0, 0.05) is 54.8 Å². The standard InChI is InChI=1S/C18H17N3O2/c22-21(23)16-5-1-3-13(11-16)17-6-2-4-14-12-15-7-8-19-9-10-20(15)18(14)17/h1-6,11-12,19H,7-10H2. The van der Waals surface area contributed by atoms with E-state index in [1.54, 1.807) is 12.1 Å². The Hall–Kier alpha value is -2.66. The summed E-state index contributed by atoms with van der Waals surface area (Å²) >= 11 is 0. The summed E-state index contributed by atoms with van der Waals surface area (Å²) in [7, 11) is 0. The summed E-state index contributed by atoms with van der Waals surface area (Å²) in [6.07, 6.45) is 1.00. The number of hydrogen-bond acceptors (Lipinski definition) is 3. The highest BCUT2D eigenvalue weighted by Gasteiger charge is 2.16. The summed E-state index contributed by atoms with van der Waals surface area (Å²) in [5.41, 5.74) is 4.57. The highest BCUT2D eigenvalue weighted by atomic mass is 16.6. The van der Waals surface area contributed by atoms with Crippen LogP contribution in [0.5, 0.6) is 0 Å². The molecule has 0 saturated carbocycles. The van der Waals surface area contributed by atoms with E-state index in [1.807, 2.05) is 18.2 Å². The Labute approximate surface area is 133 Å². The molecular formula is C18H17N3O2. The highest BCUT2D eigenvalue weighted by Crippen LogP contribution is 2.33. The van der Waals surface area contributed by atoms with Crippen LogP contribution in [-0.2, 0) is 13.0 Å². The number of nitrogens with zero attached hydrogens (tertiary/aromatic N) is 2. The molecule has 0 radical (unpaired) electrons. The molecule has 0 spiro atoms. The molecule has 0 amide bonds. The number of nitrogens with one attached hydrogen (secondary N) is 1. The minimum atomic E-state index is -0.341. The van der Waals surface area contributed by atoms with Crippen molar-refractivity contribution in [2.45, 2.75) is 13.0 Å². The van der Waals surface area contributed by atoms with Crippen LogP contribution in [-0.4, -0.2) is 22.6 Å². The van der Waals surface area contributed by atoms with E-state index < -0.39 is 0 Å². The second-order valence-electron chi connectivity index (χ2n) is 5.84. The van der Waals surface area contributed by atoms with Crippen LogP contribution >= 0.6 is 0 Å². The van der Waals surface area contributed by atoms with Crippen molar-refractivity contribution in [1.82, 2.24) is 9.88 Å². The number of aromatic nitrogens is 1. The third-order valence-electron chi connectivity index (χ3n) is 4.44. The summed E-state index contributed by atoms with van der Waals surface area (Å²) in [6.45, 7) is 2.85. The lowest BCUT2D eigenvalue weighted by molar-refractivity contribution is -0.384. The molecule has 1 aliphatic rings. The number of hydrogen-bond donors (Lipinski definition) is 1. The number of nitro benzene ring substituents is 1. The van der Waals surface area contributed by atoms with Crippen LogP contribution in [0.25, 0.3) is 22.0 Å². The van der Waals surface area contributed by atoms with E-state index in [9.17, 15) is 10.1 Å². The van der Waals surface area contributed by atoms with Crippen LogP contribution in [0.2, 0.25) is 0 Å². The molecule has 0 aliphatic carbocycles. The summed E-state index contributed by atoms with van der Waals surface area (Å²) in [5, 5.41) is 15.7. The average molecular weight is 307 g/mol. The van der Waals surface area contributed by atoms with Gasteiger partial charge in [-0.25, -0.2) is 0 Å². The van der Waals surface area contributed by atoms with E-state index in [-0.39, 0.29) is 10.6 Å². The fraction of sp³-hybridized carbons (Fsp3) is 0.222. The molecule has 1 aliphatic heterocycles. The van der Waals surface area contributed by atoms with Crippen LogP contribution in [0.4, 0.5) is 5.69 Å². The Morgan fingerprint density at radius 3 is 2.83 bits per heavy atom. The molecular weight excluding hydrogens is 290 g/mol. The van der Waals surface area contributed by atoms with E-state index in [1.165, 1.54) is 22.7 Å². The first-order valence-corrected chi connectivity index (χ1v) is 7.81. The van der Waals surface area contributed by atoms with Crippen LogP contribution in [0.3, 0.4) is 0 Å². The van der Waals surface area contributed by atoms with Gasteiger partial charge in [-0.3, -0.25) is 10.1 Å². The predicted molar refractivity (Wildman–Crippen MR) is 90.6 cm³/mol. The van der Waals surface area contributed by atoms with Crippen molar-refractivity contribution in [3.63, 3.8) is 0 Å². The van der Waals surface area contributed by atoms with Gasteiger partial charge in [-0.1, -0.05) is 30.3 Å². The molecule has 2 heterocycles. The molecule has 4 rings (SSSR count). The van der Waals surface area contributed by atoms with Crippen molar-refractivity contribution in [2.75, 3.05) is 13.1 Å². The molecule has 5 nitrogen and oxygen atoms in total. The second-order valence-corrected chi connectivity index (χ2v) is 5.84. The van der Waals surface area contributed by atoms with Crippen LogP contribution in [0.15, 0.2) is 48.5 Å². The topological polar surface area (TPSA) is 60.1 Å². The Balaban J connectivity index is 1.95. The normalized spacial score (nSPS) is 14.4. The molecule has 0 atom stereocenters. The van der Waals surface area contributed by atoms with Crippen molar-refractivity contribution < 1.29 is 4.92 Å². The van der Waals surface area contributed by atoms with Gasteiger partial charge in [0.05, 0.1) is 10.4 Å². The van der Waals surface area contributed by atoms with Gasteiger partial charge in [-0.05, 0) is 11.6 Å². The summed E-state index contributed by atoms with van der Waals surface area (Å²) < 4.78 is 2.35. The third kappa shape index (κ3) is 2.39. The van der Waals surface area contributed by atoms with Gasteiger partial charge >= 0.3 is 0 Å². The highest BCUT2D eigenvalue weighted by molar-refractivity contribution is 5.95. The quantitative estimate of drug-likeness (QED) is 0.583. The lowest BCUT2D eigenvalue weighted by atomic mass is 10.0. The van der Waals surface area contributed by atoms with Gasteiger partial charge in [-0.15, -0.1) is 0 Å². The van der Waals surface area contributed by atoms with Crippen molar-refractivity contribution in [1.29, 1.82) is 0 Å². The molecule has 5 heteroatoms. The Morgan fingerprint density at radius 2 is 1.96 bits per heavy atom. The lowest BCUT2D eigenvalue weighted by Crippen LogP contribution is -2.17. The minimum Gasteiger partial charge on any atom is -0.343 e. The van der Waals surface area contributed by atoms with Gasteiger partial charge < -0.3 is 9.88 Å². The predicted octanol–water partition coefficient (Wildman–Crippen LogP) is 3.36. The van der Waals surface area contributed by atoms with Crippen molar-refractivity contribution in [3.8, 4) is 11.1 Å². The minimum absolute atomic E-state index is 0.129. The summed E-state index contributed by atoms with van der Waals surface area (Å²) in [6, 6.07) is 15.3. The number of para-hydroxylation sites is 1. The zero-order chi connectivity index (χ0) is 15.8. The first-order chi connectivity index (χ1) is 11.2. The molecule has 2 aromatic carbocycles.